The summed E-state index contributed by atoms with van der Waals surface area (Å²) in [6.45, 7) is 0. The van der Waals surface area contributed by atoms with E-state index >= 15 is 0 Å². The molecule has 33 heavy (non-hydrogen) atoms. The number of H-pyrrole nitrogens is 1. The van der Waals surface area contributed by atoms with Crippen molar-refractivity contribution in [2.45, 2.75) is 31.7 Å². The van der Waals surface area contributed by atoms with E-state index in [1.54, 1.807) is 18.5 Å². The molecule has 2 atom stereocenters. The van der Waals surface area contributed by atoms with E-state index in [4.69, 9.17) is 21.0 Å². The molecule has 3 aliphatic carbocycles. The summed E-state index contributed by atoms with van der Waals surface area (Å²) in [6, 6.07) is 1.54. The zero-order valence-corrected chi connectivity index (χ0v) is 18.2. The van der Waals surface area contributed by atoms with Gasteiger partial charge in [-0.3, -0.25) is 4.79 Å². The Morgan fingerprint density at radius 2 is 1.97 bits per heavy atom. The Labute approximate surface area is 192 Å². The van der Waals surface area contributed by atoms with Gasteiger partial charge in [-0.15, -0.1) is 0 Å². The quantitative estimate of drug-likeness (QED) is 0.398. The summed E-state index contributed by atoms with van der Waals surface area (Å²) in [6.07, 6.45) is 10.2. The van der Waals surface area contributed by atoms with Crippen LogP contribution in [0.25, 0.3) is 34.1 Å². The second-order valence-corrected chi connectivity index (χ2v) is 8.99. The molecule has 3 saturated carbocycles. The van der Waals surface area contributed by atoms with E-state index in [1.165, 1.54) is 12.5 Å². The second kappa shape index (κ2) is 7.80. The van der Waals surface area contributed by atoms with Gasteiger partial charge >= 0.3 is 5.97 Å². The van der Waals surface area contributed by atoms with Crippen LogP contribution in [0.2, 0.25) is 5.15 Å². The third-order valence-electron chi connectivity index (χ3n) is 6.79. The lowest BCUT2D eigenvalue weighted by molar-refractivity contribution is -0.148. The molecule has 3 fully saturated rings. The highest BCUT2D eigenvalue weighted by Crippen LogP contribution is 2.46. The van der Waals surface area contributed by atoms with Crippen molar-refractivity contribution in [3.05, 3.63) is 36.1 Å². The van der Waals surface area contributed by atoms with Crippen molar-refractivity contribution in [2.75, 3.05) is 5.32 Å². The highest BCUT2D eigenvalue weighted by Gasteiger charge is 2.47. The topological polar surface area (TPSA) is 143 Å². The number of aliphatic carboxylic acids is 1. The molecule has 168 valence electrons. The molecule has 3 aliphatic rings. The van der Waals surface area contributed by atoms with Crippen molar-refractivity contribution < 1.29 is 14.3 Å². The molecule has 0 spiro atoms. The Bertz CT molecular complexity index is 1330. The zero-order valence-electron chi connectivity index (χ0n) is 17.4. The lowest BCUT2D eigenvalue weighted by Crippen LogP contribution is -2.51. The smallest absolute Gasteiger partial charge is 0.308 e. The molecule has 4 aromatic rings. The Morgan fingerprint density at radius 1 is 1.15 bits per heavy atom. The van der Waals surface area contributed by atoms with Crippen molar-refractivity contribution in [1.82, 2.24) is 29.9 Å². The Hall–Kier alpha value is -3.53. The fourth-order valence-electron chi connectivity index (χ4n) is 5.32. The summed E-state index contributed by atoms with van der Waals surface area (Å²) in [5.41, 5.74) is 2.20. The Kier molecular flexibility index (Phi) is 4.75. The van der Waals surface area contributed by atoms with Gasteiger partial charge < -0.3 is 19.8 Å². The second-order valence-electron chi connectivity index (χ2n) is 8.60. The van der Waals surface area contributed by atoms with Gasteiger partial charge in [0.05, 0.1) is 23.9 Å². The van der Waals surface area contributed by atoms with E-state index in [9.17, 15) is 9.90 Å². The van der Waals surface area contributed by atoms with E-state index in [1.807, 2.05) is 0 Å². The van der Waals surface area contributed by atoms with Gasteiger partial charge in [-0.1, -0.05) is 11.6 Å². The monoisotopic (exact) mass is 465 g/mol. The lowest BCUT2D eigenvalue weighted by atomic mass is 9.61. The van der Waals surface area contributed by atoms with Crippen LogP contribution < -0.4 is 5.32 Å². The van der Waals surface area contributed by atoms with Crippen molar-refractivity contribution in [2.24, 2.45) is 17.8 Å². The van der Waals surface area contributed by atoms with E-state index in [2.05, 4.69) is 30.2 Å². The summed E-state index contributed by atoms with van der Waals surface area (Å²) >= 11 is 6.07. The number of carboxylic acids is 1. The summed E-state index contributed by atoms with van der Waals surface area (Å²) in [5, 5.41) is 13.6. The van der Waals surface area contributed by atoms with Crippen molar-refractivity contribution in [3.8, 4) is 23.0 Å². The first-order valence-electron chi connectivity index (χ1n) is 10.8. The third-order valence-corrected chi connectivity index (χ3v) is 6.97. The van der Waals surface area contributed by atoms with Crippen LogP contribution in [0.15, 0.2) is 35.3 Å². The number of aromatic nitrogens is 6. The van der Waals surface area contributed by atoms with Gasteiger partial charge in [-0.25, -0.2) is 24.9 Å². The third kappa shape index (κ3) is 3.50. The zero-order chi connectivity index (χ0) is 22.5. The van der Waals surface area contributed by atoms with Gasteiger partial charge in [0, 0.05) is 18.3 Å². The maximum Gasteiger partial charge on any atom is 0.308 e. The average Bonchev–Trinajstić information content (AvgIpc) is 3.49. The van der Waals surface area contributed by atoms with Gasteiger partial charge in [0.2, 0.25) is 5.89 Å². The summed E-state index contributed by atoms with van der Waals surface area (Å²) in [4.78, 5) is 37.4. The Balaban J connectivity index is 1.45. The maximum atomic E-state index is 12.1. The van der Waals surface area contributed by atoms with Crippen LogP contribution in [0.4, 0.5) is 5.82 Å². The highest BCUT2D eigenvalue weighted by atomic mass is 35.5. The minimum absolute atomic E-state index is 0.184. The predicted octanol–water partition coefficient (Wildman–Crippen LogP) is 4.02. The molecular weight excluding hydrogens is 446 g/mol. The largest absolute Gasteiger partial charge is 0.481 e. The number of hydrogen-bond acceptors (Lipinski definition) is 8. The molecule has 3 N–H and O–H groups in total. The summed E-state index contributed by atoms with van der Waals surface area (Å²) in [7, 11) is 0. The number of carbonyl (C=O) groups is 1. The number of anilines is 1. The molecular formula is C22H20ClN7O3. The fourth-order valence-corrected chi connectivity index (χ4v) is 5.46. The molecule has 0 aromatic carbocycles. The van der Waals surface area contributed by atoms with Crippen molar-refractivity contribution in [3.63, 3.8) is 0 Å². The molecule has 2 bridgehead atoms. The van der Waals surface area contributed by atoms with Gasteiger partial charge in [0.15, 0.2) is 11.5 Å². The number of nitrogens with one attached hydrogen (secondary N) is 2. The number of rotatable bonds is 5. The molecule has 4 aromatic heterocycles. The average molecular weight is 466 g/mol. The number of aromatic amines is 1. The lowest BCUT2D eigenvalue weighted by Gasteiger charge is -2.47. The molecule has 0 amide bonds. The Morgan fingerprint density at radius 3 is 2.73 bits per heavy atom. The first-order chi connectivity index (χ1) is 16.1. The molecule has 0 radical (unpaired) electrons. The number of fused-ring (bicyclic) bond motifs is 4. The minimum Gasteiger partial charge on any atom is -0.481 e. The number of halogens is 1. The number of hydrogen-bond donors (Lipinski definition) is 3. The molecule has 7 rings (SSSR count). The minimum atomic E-state index is -0.759. The number of oxazole rings is 1. The molecule has 0 saturated heterocycles. The van der Waals surface area contributed by atoms with Crippen molar-refractivity contribution in [1.29, 1.82) is 0 Å². The van der Waals surface area contributed by atoms with Crippen LogP contribution >= 0.6 is 11.6 Å². The molecule has 0 aliphatic heterocycles. The van der Waals surface area contributed by atoms with E-state index in [0.717, 1.165) is 25.7 Å². The van der Waals surface area contributed by atoms with Crippen LogP contribution in [-0.2, 0) is 4.79 Å². The van der Waals surface area contributed by atoms with Crippen LogP contribution in [0.5, 0.6) is 0 Å². The summed E-state index contributed by atoms with van der Waals surface area (Å²) in [5.74, 6) is 0.501. The standard InChI is InChI=1S/C22H20ClN7O3/c23-14-9-26-20-18(28-14)12(8-25-20)19-27-13(21-24-5-6-33-21)7-15(30-19)29-17-11-3-1-10(2-4-11)16(17)22(31)32/h5-11,16-17H,1-4H2,(H,25,26)(H,31,32)(H,27,29,30). The first kappa shape index (κ1) is 20.1. The SMILES string of the molecule is O=C(O)C1C2CCC(CC2)C1Nc1cc(-c2ncco2)nc(-c2c[nH]c3ncc(Cl)nc23)n1. The van der Waals surface area contributed by atoms with Crippen molar-refractivity contribution >= 4 is 34.6 Å². The van der Waals surface area contributed by atoms with E-state index in [-0.39, 0.29) is 23.0 Å². The molecule has 11 heteroatoms. The van der Waals surface area contributed by atoms with Gasteiger partial charge in [-0.2, -0.15) is 0 Å². The normalized spacial score (nSPS) is 24.3. The van der Waals surface area contributed by atoms with Crippen LogP contribution in [0, 0.1) is 17.8 Å². The molecule has 4 heterocycles. The summed E-state index contributed by atoms with van der Waals surface area (Å²) < 4.78 is 5.47. The van der Waals surface area contributed by atoms with Gasteiger partial charge in [0.1, 0.15) is 28.4 Å². The fraction of sp³-hybridized carbons (Fsp3) is 0.364. The molecule has 10 nitrogen and oxygen atoms in total. The van der Waals surface area contributed by atoms with Gasteiger partial charge in [0.25, 0.3) is 0 Å². The van der Waals surface area contributed by atoms with Gasteiger partial charge in [-0.05, 0) is 37.5 Å². The number of nitrogens with zero attached hydrogens (tertiary/aromatic N) is 5. The maximum absolute atomic E-state index is 12.1. The first-order valence-corrected chi connectivity index (χ1v) is 11.2. The number of carboxylic acid groups (broad SMARTS) is 1. The highest BCUT2D eigenvalue weighted by molar-refractivity contribution is 6.29. The molecule has 2 unspecified atom stereocenters. The van der Waals surface area contributed by atoms with E-state index < -0.39 is 11.9 Å². The predicted molar refractivity (Wildman–Crippen MR) is 119 cm³/mol. The van der Waals surface area contributed by atoms with Crippen LogP contribution in [0.1, 0.15) is 25.7 Å². The van der Waals surface area contributed by atoms with Crippen LogP contribution in [-0.4, -0.2) is 47.0 Å². The van der Waals surface area contributed by atoms with E-state index in [0.29, 0.717) is 40.0 Å². The van der Waals surface area contributed by atoms with Crippen LogP contribution in [0.3, 0.4) is 0 Å².